The molecule has 328 valence electrons. The van der Waals surface area contributed by atoms with Gasteiger partial charge in [-0.15, -0.1) is 0 Å². The summed E-state index contributed by atoms with van der Waals surface area (Å²) in [6.45, 7) is 6.54. The van der Waals surface area contributed by atoms with Crippen LogP contribution in [0.15, 0.2) is 30.3 Å². The van der Waals surface area contributed by atoms with Gasteiger partial charge in [-0.2, -0.15) is 0 Å². The van der Waals surface area contributed by atoms with Gasteiger partial charge in [0.25, 0.3) is 0 Å². The molecule has 1 aromatic carbocycles. The van der Waals surface area contributed by atoms with E-state index in [1.165, 1.54) is 42.1 Å². The number of aliphatic carboxylic acids is 3. The number of hydrogen-bond acceptors (Lipinski definition) is 12. The van der Waals surface area contributed by atoms with Crippen LogP contribution >= 0.6 is 0 Å². The van der Waals surface area contributed by atoms with E-state index in [1.54, 1.807) is 14.0 Å². The van der Waals surface area contributed by atoms with Gasteiger partial charge in [0.2, 0.25) is 0 Å². The number of hydrogen-bond donors (Lipinski definition) is 3. The van der Waals surface area contributed by atoms with E-state index in [-0.39, 0.29) is 48.5 Å². The molecule has 0 saturated heterocycles. The highest BCUT2D eigenvalue weighted by Gasteiger charge is 2.60. The third kappa shape index (κ3) is 17.0. The number of ether oxygens (including phenoxy) is 5. The molecule has 15 nitrogen and oxygen atoms in total. The Morgan fingerprint density at radius 1 is 0.603 bits per heavy atom. The van der Waals surface area contributed by atoms with Crippen molar-refractivity contribution in [1.82, 2.24) is 0 Å². The van der Waals surface area contributed by atoms with Gasteiger partial charge >= 0.3 is 17.9 Å². The normalized spacial score (nSPS) is 26.3. The van der Waals surface area contributed by atoms with Crippen LogP contribution in [-0.2, 0) is 52.5 Å². The SMILES string of the molecule is COC(CCOc1ccccc1)CC(C)=O.COC1(CC(C)=O)CC1C(=O)O.COC1(CC(C)=O)CCCC1C(=O)O.COC1(CC(C)=O)CCCCCC1C(=O)O. The highest BCUT2D eigenvalue weighted by atomic mass is 16.5. The molecule has 0 radical (unpaired) electrons. The zero-order valence-electron chi connectivity index (χ0n) is 35.5. The van der Waals surface area contributed by atoms with Crippen molar-refractivity contribution in [3.8, 4) is 5.75 Å². The Bertz CT molecular complexity index is 1500. The maximum absolute atomic E-state index is 11.3. The Morgan fingerprint density at radius 3 is 1.45 bits per heavy atom. The lowest BCUT2D eigenvalue weighted by Gasteiger charge is -2.35. The zero-order valence-corrected chi connectivity index (χ0v) is 35.5. The van der Waals surface area contributed by atoms with Crippen LogP contribution in [0.5, 0.6) is 5.75 Å². The predicted octanol–water partition coefficient (Wildman–Crippen LogP) is 6.16. The monoisotopic (exact) mass is 822 g/mol. The number of carbonyl (C=O) groups is 7. The molecule has 0 aromatic heterocycles. The Hall–Kier alpha value is -4.05. The fourth-order valence-electron chi connectivity index (χ4n) is 7.99. The Labute approximate surface area is 342 Å². The summed E-state index contributed by atoms with van der Waals surface area (Å²) < 4.78 is 26.5. The van der Waals surface area contributed by atoms with Crippen molar-refractivity contribution in [2.75, 3.05) is 35.0 Å². The van der Waals surface area contributed by atoms with Gasteiger partial charge < -0.3 is 39.0 Å². The number of ketones is 4. The Balaban J connectivity index is 0.000000389. The highest BCUT2D eigenvalue weighted by Crippen LogP contribution is 2.49. The number of rotatable bonds is 19. The lowest BCUT2D eigenvalue weighted by molar-refractivity contribution is -0.159. The molecular formula is C43H66O15. The van der Waals surface area contributed by atoms with Crippen LogP contribution in [0.25, 0.3) is 0 Å². The second kappa shape index (κ2) is 25.4. The van der Waals surface area contributed by atoms with E-state index in [2.05, 4.69) is 0 Å². The maximum Gasteiger partial charge on any atom is 0.309 e. The molecule has 7 atom stereocenters. The summed E-state index contributed by atoms with van der Waals surface area (Å²) in [7, 11) is 6.08. The maximum atomic E-state index is 11.3. The number of methoxy groups -OCH3 is 4. The average Bonchev–Trinajstić information content (AvgIpc) is 3.79. The topological polar surface area (TPSA) is 226 Å². The smallest absolute Gasteiger partial charge is 0.309 e. The van der Waals surface area contributed by atoms with Gasteiger partial charge in [-0.05, 0) is 78.4 Å². The summed E-state index contributed by atoms with van der Waals surface area (Å²) in [4.78, 5) is 76.8. The Kier molecular flexibility index (Phi) is 22.8. The van der Waals surface area contributed by atoms with Crippen molar-refractivity contribution in [3.63, 3.8) is 0 Å². The van der Waals surface area contributed by atoms with Gasteiger partial charge in [0.1, 0.15) is 28.9 Å². The molecule has 3 aliphatic carbocycles. The van der Waals surface area contributed by atoms with Crippen LogP contribution in [0, 0.1) is 17.8 Å². The van der Waals surface area contributed by atoms with Crippen molar-refractivity contribution < 1.29 is 72.6 Å². The average molecular weight is 823 g/mol. The molecule has 0 aliphatic heterocycles. The molecule has 3 N–H and O–H groups in total. The summed E-state index contributed by atoms with van der Waals surface area (Å²) in [5.41, 5.74) is -2.23. The van der Waals surface area contributed by atoms with E-state index in [0.717, 1.165) is 37.9 Å². The third-order valence-corrected chi connectivity index (χ3v) is 11.0. The van der Waals surface area contributed by atoms with Crippen LogP contribution in [-0.4, -0.2) is 114 Å². The van der Waals surface area contributed by atoms with Gasteiger partial charge in [0, 0.05) is 60.5 Å². The van der Waals surface area contributed by atoms with Crippen molar-refractivity contribution in [3.05, 3.63) is 30.3 Å². The highest BCUT2D eigenvalue weighted by molar-refractivity contribution is 5.82. The molecule has 3 fully saturated rings. The van der Waals surface area contributed by atoms with Crippen LogP contribution in [0.3, 0.4) is 0 Å². The first-order valence-corrected chi connectivity index (χ1v) is 19.8. The molecule has 15 heteroatoms. The van der Waals surface area contributed by atoms with Gasteiger partial charge in [-0.25, -0.2) is 0 Å². The van der Waals surface area contributed by atoms with Gasteiger partial charge in [-0.1, -0.05) is 37.5 Å². The van der Waals surface area contributed by atoms with Crippen molar-refractivity contribution in [2.24, 2.45) is 17.8 Å². The first-order valence-electron chi connectivity index (χ1n) is 19.8. The zero-order chi connectivity index (χ0) is 44.1. The lowest BCUT2D eigenvalue weighted by Crippen LogP contribution is -2.45. The summed E-state index contributed by atoms with van der Waals surface area (Å²) in [5, 5.41) is 26.9. The van der Waals surface area contributed by atoms with Crippen LogP contribution < -0.4 is 4.74 Å². The second-order valence-electron chi connectivity index (χ2n) is 15.5. The Morgan fingerprint density at radius 2 is 1.05 bits per heavy atom. The van der Waals surface area contributed by atoms with E-state index in [9.17, 15) is 38.7 Å². The second-order valence-corrected chi connectivity index (χ2v) is 15.5. The van der Waals surface area contributed by atoms with Crippen LogP contribution in [0.2, 0.25) is 0 Å². The lowest BCUT2D eigenvalue weighted by atomic mass is 9.79. The van der Waals surface area contributed by atoms with Crippen LogP contribution in [0.4, 0.5) is 0 Å². The van der Waals surface area contributed by atoms with E-state index < -0.39 is 52.5 Å². The quantitative estimate of drug-likeness (QED) is 0.133. The molecule has 1 aromatic rings. The fraction of sp³-hybridized carbons (Fsp3) is 0.698. The van der Waals surface area contributed by atoms with E-state index >= 15 is 0 Å². The standard InChI is InChI=1S/C13H18O3.C12H20O4.C10H16O4.C8H12O4/c1-11(14)10-13(15-2)8-9-16-12-6-4-3-5-7-12;1-9(13)8-12(16-2)7-5-3-4-6-10(12)11(14)15;1-7(11)6-10(14-2)5-3-4-8(10)9(12)13;1-5(9)3-8(12-2)4-6(8)7(10)11/h3-7,13H,8-10H2,1-2H3;10H,3-8H2,1-2H3,(H,14,15);8H,3-6H2,1-2H3,(H,12,13);6H,3-4H2,1-2H3,(H,10,11). The number of carboxylic acids is 3. The molecule has 7 unspecified atom stereocenters. The van der Waals surface area contributed by atoms with Crippen molar-refractivity contribution >= 4 is 41.0 Å². The third-order valence-electron chi connectivity index (χ3n) is 11.0. The van der Waals surface area contributed by atoms with Crippen LogP contribution in [0.1, 0.15) is 118 Å². The molecule has 3 aliphatic rings. The summed E-state index contributed by atoms with van der Waals surface area (Å²) >= 11 is 0. The fourth-order valence-corrected chi connectivity index (χ4v) is 7.99. The molecule has 0 bridgehead atoms. The minimum atomic E-state index is -0.877. The molecule has 4 rings (SSSR count). The largest absolute Gasteiger partial charge is 0.493 e. The van der Waals surface area contributed by atoms with E-state index in [0.29, 0.717) is 45.1 Å². The number of para-hydroxylation sites is 1. The molecular weight excluding hydrogens is 756 g/mol. The first kappa shape index (κ1) is 52.0. The summed E-state index contributed by atoms with van der Waals surface area (Å²) in [6, 6.07) is 9.62. The number of benzene rings is 1. The molecule has 58 heavy (non-hydrogen) atoms. The van der Waals surface area contributed by atoms with E-state index in [1.807, 2.05) is 30.3 Å². The minimum absolute atomic E-state index is 0.00463. The number of carbonyl (C=O) groups excluding carboxylic acids is 4. The van der Waals surface area contributed by atoms with E-state index in [4.69, 9.17) is 33.9 Å². The first-order chi connectivity index (χ1) is 27.3. The molecule has 0 heterocycles. The minimum Gasteiger partial charge on any atom is -0.493 e. The summed E-state index contributed by atoms with van der Waals surface area (Å²) in [5.74, 6) is -3.21. The molecule has 3 saturated carbocycles. The summed E-state index contributed by atoms with van der Waals surface area (Å²) in [6.07, 6.45) is 8.45. The number of carboxylic acid groups (broad SMARTS) is 3. The molecule has 0 spiro atoms. The number of Topliss-reactive ketones (excluding diaryl/α,β-unsaturated/α-hetero) is 4. The van der Waals surface area contributed by atoms with Crippen molar-refractivity contribution in [2.45, 2.75) is 140 Å². The van der Waals surface area contributed by atoms with Gasteiger partial charge in [-0.3, -0.25) is 33.6 Å². The van der Waals surface area contributed by atoms with Gasteiger partial charge in [0.15, 0.2) is 0 Å². The van der Waals surface area contributed by atoms with Crippen molar-refractivity contribution in [1.29, 1.82) is 0 Å². The predicted molar refractivity (Wildman–Crippen MR) is 213 cm³/mol. The van der Waals surface area contributed by atoms with Gasteiger partial charge in [0.05, 0.1) is 47.3 Å². The molecule has 0 amide bonds.